The number of amides is 1. The Morgan fingerprint density at radius 3 is 2.91 bits per heavy atom. The van der Waals surface area contributed by atoms with Crippen molar-refractivity contribution in [3.05, 3.63) is 53.8 Å². The van der Waals surface area contributed by atoms with Crippen molar-refractivity contribution >= 4 is 32.6 Å². The number of hydrogen-bond acceptors (Lipinski definition) is 4. The Labute approximate surface area is 130 Å². The molecule has 0 aliphatic carbocycles. The molecule has 22 heavy (non-hydrogen) atoms. The highest BCUT2D eigenvalue weighted by molar-refractivity contribution is 7.22. The molecule has 3 aromatic rings. The number of carbonyl (C=O) groups excluding carboxylic acids is 1. The van der Waals surface area contributed by atoms with Crippen molar-refractivity contribution in [2.24, 2.45) is 0 Å². The number of thiazole rings is 1. The van der Waals surface area contributed by atoms with E-state index in [1.807, 2.05) is 25.1 Å². The Balaban J connectivity index is 1.64. The summed E-state index contributed by atoms with van der Waals surface area (Å²) in [6, 6.07) is 12.2. The number of hydrogen-bond donors (Lipinski definition) is 1. The van der Waals surface area contributed by atoms with Crippen molar-refractivity contribution in [1.82, 2.24) is 4.98 Å². The fraction of sp³-hybridized carbons (Fsp3) is 0.125. The van der Waals surface area contributed by atoms with Gasteiger partial charge in [-0.15, -0.1) is 0 Å². The van der Waals surface area contributed by atoms with Crippen molar-refractivity contribution in [1.29, 1.82) is 0 Å². The standard InChI is InChI=1S/C16H13FN2O2S/c1-10-4-2-5-11(8-10)21-9-14(20)18-16-19-15-12(17)6-3-7-13(15)22-16/h2-8H,9H2,1H3,(H,18,19,20). The minimum absolute atomic E-state index is 0.123. The zero-order valence-corrected chi connectivity index (χ0v) is 12.6. The van der Waals surface area contributed by atoms with Gasteiger partial charge in [0.25, 0.3) is 5.91 Å². The minimum Gasteiger partial charge on any atom is -0.484 e. The quantitative estimate of drug-likeness (QED) is 0.797. The fourth-order valence-corrected chi connectivity index (χ4v) is 2.87. The molecular weight excluding hydrogens is 303 g/mol. The molecule has 0 unspecified atom stereocenters. The third-order valence-electron chi connectivity index (χ3n) is 2.98. The summed E-state index contributed by atoms with van der Waals surface area (Å²) in [5.41, 5.74) is 1.32. The van der Waals surface area contributed by atoms with E-state index in [0.29, 0.717) is 15.6 Å². The molecule has 0 saturated carbocycles. The van der Waals surface area contributed by atoms with Gasteiger partial charge in [-0.2, -0.15) is 0 Å². The second-order valence-corrected chi connectivity index (χ2v) is 5.79. The van der Waals surface area contributed by atoms with Crippen molar-refractivity contribution < 1.29 is 13.9 Å². The maximum atomic E-state index is 13.6. The van der Waals surface area contributed by atoms with E-state index >= 15 is 0 Å². The summed E-state index contributed by atoms with van der Waals surface area (Å²) in [5.74, 6) is -0.100. The second-order valence-electron chi connectivity index (χ2n) is 4.76. The molecule has 1 heterocycles. The highest BCUT2D eigenvalue weighted by atomic mass is 32.1. The first-order chi connectivity index (χ1) is 10.6. The van der Waals surface area contributed by atoms with E-state index in [9.17, 15) is 9.18 Å². The normalized spacial score (nSPS) is 10.6. The van der Waals surface area contributed by atoms with Crippen LogP contribution in [0.4, 0.5) is 9.52 Å². The van der Waals surface area contributed by atoms with Crippen LogP contribution >= 0.6 is 11.3 Å². The van der Waals surface area contributed by atoms with E-state index in [1.165, 1.54) is 17.4 Å². The van der Waals surface area contributed by atoms with Gasteiger partial charge >= 0.3 is 0 Å². The maximum absolute atomic E-state index is 13.6. The van der Waals surface area contributed by atoms with Crippen LogP contribution in [0.3, 0.4) is 0 Å². The van der Waals surface area contributed by atoms with E-state index in [4.69, 9.17) is 4.74 Å². The smallest absolute Gasteiger partial charge is 0.264 e. The number of aryl methyl sites for hydroxylation is 1. The van der Waals surface area contributed by atoms with E-state index in [2.05, 4.69) is 10.3 Å². The molecule has 3 rings (SSSR count). The first-order valence-corrected chi connectivity index (χ1v) is 7.48. The Kier molecular flexibility index (Phi) is 4.02. The van der Waals surface area contributed by atoms with Crippen LogP contribution in [0.15, 0.2) is 42.5 Å². The molecule has 6 heteroatoms. The molecule has 0 aliphatic rings. The third kappa shape index (κ3) is 3.23. The molecule has 0 saturated heterocycles. The van der Waals surface area contributed by atoms with Gasteiger partial charge in [0.15, 0.2) is 11.7 Å². The summed E-state index contributed by atoms with van der Waals surface area (Å²) in [6.07, 6.45) is 0. The van der Waals surface area contributed by atoms with Crippen molar-refractivity contribution in [2.45, 2.75) is 6.92 Å². The zero-order valence-electron chi connectivity index (χ0n) is 11.8. The first kappa shape index (κ1) is 14.5. The van der Waals surface area contributed by atoms with Crippen LogP contribution in [0, 0.1) is 12.7 Å². The Morgan fingerprint density at radius 2 is 2.14 bits per heavy atom. The lowest BCUT2D eigenvalue weighted by atomic mass is 10.2. The lowest BCUT2D eigenvalue weighted by molar-refractivity contribution is -0.118. The first-order valence-electron chi connectivity index (χ1n) is 6.66. The number of ether oxygens (including phenoxy) is 1. The van der Waals surface area contributed by atoms with Crippen molar-refractivity contribution in [3.8, 4) is 5.75 Å². The molecule has 0 spiro atoms. The van der Waals surface area contributed by atoms with Gasteiger partial charge in [-0.25, -0.2) is 9.37 Å². The van der Waals surface area contributed by atoms with Gasteiger partial charge in [-0.05, 0) is 36.8 Å². The molecule has 0 atom stereocenters. The number of para-hydroxylation sites is 1. The van der Waals surface area contributed by atoms with Gasteiger partial charge in [0.1, 0.15) is 17.1 Å². The van der Waals surface area contributed by atoms with Gasteiger partial charge in [-0.1, -0.05) is 29.5 Å². The zero-order chi connectivity index (χ0) is 15.5. The highest BCUT2D eigenvalue weighted by Crippen LogP contribution is 2.27. The van der Waals surface area contributed by atoms with Gasteiger partial charge in [-0.3, -0.25) is 10.1 Å². The Hall–Kier alpha value is -2.47. The van der Waals surface area contributed by atoms with Crippen LogP contribution in [0.1, 0.15) is 5.56 Å². The number of halogens is 1. The SMILES string of the molecule is Cc1cccc(OCC(=O)Nc2nc3c(F)cccc3s2)c1. The molecule has 0 aliphatic heterocycles. The van der Waals surface area contributed by atoms with E-state index < -0.39 is 5.82 Å². The topological polar surface area (TPSA) is 51.2 Å². The van der Waals surface area contributed by atoms with Crippen LogP contribution in [-0.4, -0.2) is 17.5 Å². The number of nitrogens with zero attached hydrogens (tertiary/aromatic N) is 1. The predicted molar refractivity (Wildman–Crippen MR) is 84.9 cm³/mol. The summed E-state index contributed by atoms with van der Waals surface area (Å²) < 4.78 is 19.7. The molecular formula is C16H13FN2O2S. The summed E-state index contributed by atoms with van der Waals surface area (Å²) >= 11 is 1.23. The van der Waals surface area contributed by atoms with E-state index in [0.717, 1.165) is 5.56 Å². The number of anilines is 1. The second kappa shape index (κ2) is 6.11. The lowest BCUT2D eigenvalue weighted by Crippen LogP contribution is -2.20. The number of aromatic nitrogens is 1. The molecule has 4 nitrogen and oxygen atoms in total. The van der Waals surface area contributed by atoms with Gasteiger partial charge in [0.05, 0.1) is 4.70 Å². The number of nitrogens with one attached hydrogen (secondary N) is 1. The van der Waals surface area contributed by atoms with Gasteiger partial charge in [0.2, 0.25) is 0 Å². The van der Waals surface area contributed by atoms with E-state index in [-0.39, 0.29) is 18.0 Å². The largest absolute Gasteiger partial charge is 0.484 e. The van der Waals surface area contributed by atoms with Crippen LogP contribution in [0.25, 0.3) is 10.2 Å². The molecule has 1 amide bonds. The molecule has 0 bridgehead atoms. The third-order valence-corrected chi connectivity index (χ3v) is 3.91. The predicted octanol–water partition coefficient (Wildman–Crippen LogP) is 3.76. The summed E-state index contributed by atoms with van der Waals surface area (Å²) in [5, 5.41) is 2.98. The average Bonchev–Trinajstić information content (AvgIpc) is 2.89. The minimum atomic E-state index is -0.398. The van der Waals surface area contributed by atoms with E-state index in [1.54, 1.807) is 18.2 Å². The van der Waals surface area contributed by atoms with Crippen LogP contribution < -0.4 is 10.1 Å². The molecule has 2 aromatic carbocycles. The van der Waals surface area contributed by atoms with Crippen LogP contribution in [-0.2, 0) is 4.79 Å². The van der Waals surface area contributed by atoms with Crippen molar-refractivity contribution in [3.63, 3.8) is 0 Å². The summed E-state index contributed by atoms with van der Waals surface area (Å²) in [6.45, 7) is 1.82. The molecule has 0 fully saturated rings. The van der Waals surface area contributed by atoms with Crippen molar-refractivity contribution in [2.75, 3.05) is 11.9 Å². The Bertz CT molecular complexity index is 832. The van der Waals surface area contributed by atoms with Gasteiger partial charge in [0, 0.05) is 0 Å². The van der Waals surface area contributed by atoms with Gasteiger partial charge < -0.3 is 4.74 Å². The number of rotatable bonds is 4. The monoisotopic (exact) mass is 316 g/mol. The number of fused-ring (bicyclic) bond motifs is 1. The summed E-state index contributed by atoms with van der Waals surface area (Å²) in [4.78, 5) is 15.9. The lowest BCUT2D eigenvalue weighted by Gasteiger charge is -2.06. The fourth-order valence-electron chi connectivity index (χ4n) is 1.98. The molecule has 0 radical (unpaired) electrons. The average molecular weight is 316 g/mol. The Morgan fingerprint density at radius 1 is 1.32 bits per heavy atom. The molecule has 112 valence electrons. The molecule has 1 N–H and O–H groups in total. The summed E-state index contributed by atoms with van der Waals surface area (Å²) in [7, 11) is 0. The number of carbonyl (C=O) groups is 1. The highest BCUT2D eigenvalue weighted by Gasteiger charge is 2.11. The maximum Gasteiger partial charge on any atom is 0.264 e. The van der Waals surface area contributed by atoms with Crippen LogP contribution in [0.5, 0.6) is 5.75 Å². The number of benzene rings is 2. The van der Waals surface area contributed by atoms with Crippen LogP contribution in [0.2, 0.25) is 0 Å². The molecule has 1 aromatic heterocycles.